The Morgan fingerprint density at radius 2 is 1.65 bits per heavy atom. The van der Waals surface area contributed by atoms with Gasteiger partial charge in [-0.25, -0.2) is 0 Å². The van der Waals surface area contributed by atoms with Crippen LogP contribution in [0.2, 0.25) is 0 Å². The molecule has 1 unspecified atom stereocenters. The van der Waals surface area contributed by atoms with E-state index in [-0.39, 0.29) is 17.0 Å². The molecule has 0 fully saturated rings. The third kappa shape index (κ3) is 4.17. The van der Waals surface area contributed by atoms with Crippen LogP contribution in [0.5, 0.6) is 0 Å². The lowest BCUT2D eigenvalue weighted by Gasteiger charge is -2.20. The van der Waals surface area contributed by atoms with E-state index in [9.17, 15) is 15.4 Å². The van der Waals surface area contributed by atoms with E-state index < -0.39 is 4.92 Å². The summed E-state index contributed by atoms with van der Waals surface area (Å²) in [5, 5.41) is 20.1. The maximum absolute atomic E-state index is 10.7. The number of non-ortho nitro benzene ring substituents is 1. The Kier molecular flexibility index (Phi) is 4.80. The Labute approximate surface area is 136 Å². The van der Waals surface area contributed by atoms with Gasteiger partial charge in [-0.15, -0.1) is 0 Å². The van der Waals surface area contributed by atoms with Crippen molar-refractivity contribution < 1.29 is 4.92 Å². The summed E-state index contributed by atoms with van der Waals surface area (Å²) in [6.07, 6.45) is 0.545. The van der Waals surface area contributed by atoms with E-state index >= 15 is 0 Å². The van der Waals surface area contributed by atoms with E-state index in [1.54, 1.807) is 12.1 Å². The van der Waals surface area contributed by atoms with Crippen molar-refractivity contribution in [1.82, 2.24) is 0 Å². The van der Waals surface area contributed by atoms with Crippen molar-refractivity contribution in [2.75, 3.05) is 0 Å². The molecule has 1 atom stereocenters. The number of nitriles is 1. The number of nitro benzene ring substituents is 1. The Balaban J connectivity index is 2.17. The molecule has 0 heterocycles. The molecular formula is C19H20N2O2. The largest absolute Gasteiger partial charge is 0.269 e. The third-order valence-corrected chi connectivity index (χ3v) is 3.92. The second-order valence-electron chi connectivity index (χ2n) is 6.68. The summed E-state index contributed by atoms with van der Waals surface area (Å²) in [6, 6.07) is 16.8. The molecule has 0 bridgehead atoms. The summed E-state index contributed by atoms with van der Waals surface area (Å²) < 4.78 is 0. The predicted molar refractivity (Wildman–Crippen MR) is 90.3 cm³/mol. The Morgan fingerprint density at radius 3 is 2.09 bits per heavy atom. The van der Waals surface area contributed by atoms with E-state index in [1.807, 2.05) is 12.1 Å². The summed E-state index contributed by atoms with van der Waals surface area (Å²) in [6.45, 7) is 6.46. The molecule has 0 aliphatic carbocycles. The van der Waals surface area contributed by atoms with Gasteiger partial charge in [0.15, 0.2) is 0 Å². The standard InChI is InChI=1S/C19H20N2O2/c1-19(2,3)17-8-6-15(7-9-17)16(13-20)12-14-4-10-18(11-5-14)21(22)23/h4-11,16H,12H2,1-3H3. The monoisotopic (exact) mass is 308 g/mol. The highest BCUT2D eigenvalue weighted by Crippen LogP contribution is 2.26. The molecule has 0 spiro atoms. The lowest BCUT2D eigenvalue weighted by molar-refractivity contribution is -0.384. The number of hydrogen-bond acceptors (Lipinski definition) is 3. The van der Waals surface area contributed by atoms with Crippen molar-refractivity contribution in [1.29, 1.82) is 5.26 Å². The van der Waals surface area contributed by atoms with Gasteiger partial charge in [0.2, 0.25) is 0 Å². The molecule has 4 nitrogen and oxygen atoms in total. The molecule has 118 valence electrons. The van der Waals surface area contributed by atoms with E-state index in [2.05, 4.69) is 39.0 Å². The lowest BCUT2D eigenvalue weighted by Crippen LogP contribution is -2.11. The quantitative estimate of drug-likeness (QED) is 0.605. The van der Waals surface area contributed by atoms with Gasteiger partial charge in [-0.2, -0.15) is 5.26 Å². The minimum atomic E-state index is -0.420. The van der Waals surface area contributed by atoms with Crippen LogP contribution < -0.4 is 0 Å². The molecular weight excluding hydrogens is 288 g/mol. The van der Waals surface area contributed by atoms with Crippen LogP contribution in [0, 0.1) is 21.4 Å². The van der Waals surface area contributed by atoms with E-state index in [0.717, 1.165) is 11.1 Å². The molecule has 0 amide bonds. The van der Waals surface area contributed by atoms with Gasteiger partial charge in [-0.1, -0.05) is 57.2 Å². The number of nitro groups is 1. The van der Waals surface area contributed by atoms with Crippen molar-refractivity contribution in [2.24, 2.45) is 0 Å². The maximum atomic E-state index is 10.7. The van der Waals surface area contributed by atoms with Crippen LogP contribution in [0.25, 0.3) is 0 Å². The van der Waals surface area contributed by atoms with Crippen molar-refractivity contribution in [2.45, 2.75) is 38.5 Å². The van der Waals surface area contributed by atoms with Crippen LogP contribution in [-0.2, 0) is 11.8 Å². The summed E-state index contributed by atoms with van der Waals surface area (Å²) in [7, 11) is 0. The van der Waals surface area contributed by atoms with Gasteiger partial charge in [0.05, 0.1) is 16.9 Å². The summed E-state index contributed by atoms with van der Waals surface area (Å²) in [5.41, 5.74) is 3.27. The Morgan fingerprint density at radius 1 is 1.09 bits per heavy atom. The predicted octanol–water partition coefficient (Wildman–Crippen LogP) is 4.74. The van der Waals surface area contributed by atoms with Crippen molar-refractivity contribution >= 4 is 5.69 Å². The van der Waals surface area contributed by atoms with Crippen LogP contribution in [0.3, 0.4) is 0 Å². The summed E-state index contributed by atoms with van der Waals surface area (Å²) in [5.74, 6) is -0.259. The van der Waals surface area contributed by atoms with Crippen LogP contribution in [0.1, 0.15) is 43.4 Å². The normalized spacial score (nSPS) is 12.4. The fraction of sp³-hybridized carbons (Fsp3) is 0.316. The molecule has 0 N–H and O–H groups in total. The number of nitrogens with zero attached hydrogens (tertiary/aromatic N) is 2. The van der Waals surface area contributed by atoms with Crippen molar-refractivity contribution in [3.05, 3.63) is 75.3 Å². The first-order valence-corrected chi connectivity index (χ1v) is 7.54. The molecule has 0 aliphatic rings. The molecule has 2 aromatic rings. The third-order valence-electron chi connectivity index (χ3n) is 3.92. The topological polar surface area (TPSA) is 66.9 Å². The van der Waals surface area contributed by atoms with Crippen LogP contribution in [0.15, 0.2) is 48.5 Å². The molecule has 0 saturated heterocycles. The molecule has 4 heteroatoms. The number of rotatable bonds is 4. The highest BCUT2D eigenvalue weighted by molar-refractivity contribution is 5.36. The first-order valence-electron chi connectivity index (χ1n) is 7.54. The number of benzene rings is 2. The van der Waals surface area contributed by atoms with Gasteiger partial charge in [-0.3, -0.25) is 10.1 Å². The zero-order valence-electron chi connectivity index (χ0n) is 13.6. The molecule has 2 aromatic carbocycles. The van der Waals surface area contributed by atoms with Crippen LogP contribution in [0.4, 0.5) is 5.69 Å². The van der Waals surface area contributed by atoms with E-state index in [0.29, 0.717) is 6.42 Å². The van der Waals surface area contributed by atoms with Crippen LogP contribution >= 0.6 is 0 Å². The molecule has 0 aliphatic heterocycles. The fourth-order valence-electron chi connectivity index (χ4n) is 2.44. The van der Waals surface area contributed by atoms with Crippen LogP contribution in [-0.4, -0.2) is 4.92 Å². The van der Waals surface area contributed by atoms with Gasteiger partial charge >= 0.3 is 0 Å². The first-order chi connectivity index (χ1) is 10.8. The van der Waals surface area contributed by atoms with Gasteiger partial charge in [0.25, 0.3) is 5.69 Å². The smallest absolute Gasteiger partial charge is 0.258 e. The van der Waals surface area contributed by atoms with Gasteiger partial charge < -0.3 is 0 Å². The maximum Gasteiger partial charge on any atom is 0.269 e. The number of hydrogen-bond donors (Lipinski definition) is 0. The average molecular weight is 308 g/mol. The first kappa shape index (κ1) is 16.7. The average Bonchev–Trinajstić information content (AvgIpc) is 2.52. The molecule has 2 rings (SSSR count). The molecule has 0 radical (unpaired) electrons. The highest BCUT2D eigenvalue weighted by Gasteiger charge is 2.16. The lowest BCUT2D eigenvalue weighted by atomic mass is 9.85. The molecule has 0 saturated carbocycles. The fourth-order valence-corrected chi connectivity index (χ4v) is 2.44. The zero-order valence-corrected chi connectivity index (χ0v) is 13.6. The van der Waals surface area contributed by atoms with Gasteiger partial charge in [-0.05, 0) is 28.5 Å². The SMILES string of the molecule is CC(C)(C)c1ccc(C(C#N)Cc2ccc([N+](=O)[O-])cc2)cc1. The molecule has 0 aromatic heterocycles. The second-order valence-corrected chi connectivity index (χ2v) is 6.68. The Bertz CT molecular complexity index is 720. The second kappa shape index (κ2) is 6.62. The van der Waals surface area contributed by atoms with E-state index in [4.69, 9.17) is 0 Å². The van der Waals surface area contributed by atoms with Crippen molar-refractivity contribution in [3.63, 3.8) is 0 Å². The Hall–Kier alpha value is -2.67. The minimum absolute atomic E-state index is 0.0665. The van der Waals surface area contributed by atoms with Crippen molar-refractivity contribution in [3.8, 4) is 6.07 Å². The summed E-state index contributed by atoms with van der Waals surface area (Å²) in [4.78, 5) is 10.3. The van der Waals surface area contributed by atoms with Gasteiger partial charge in [0.1, 0.15) is 0 Å². The molecule has 23 heavy (non-hydrogen) atoms. The highest BCUT2D eigenvalue weighted by atomic mass is 16.6. The zero-order chi connectivity index (χ0) is 17.0. The summed E-state index contributed by atoms with van der Waals surface area (Å²) >= 11 is 0. The van der Waals surface area contributed by atoms with Gasteiger partial charge in [0, 0.05) is 12.1 Å². The van der Waals surface area contributed by atoms with E-state index in [1.165, 1.54) is 17.7 Å². The minimum Gasteiger partial charge on any atom is -0.258 e.